The smallest absolute Gasteiger partial charge is 0.271 e. The molecule has 1 aliphatic rings. The van der Waals surface area contributed by atoms with Gasteiger partial charge in [-0.05, 0) is 51.2 Å². The summed E-state index contributed by atoms with van der Waals surface area (Å²) >= 11 is 3.11. The Balaban J connectivity index is 1.49. The summed E-state index contributed by atoms with van der Waals surface area (Å²) in [6.45, 7) is 4.16. The lowest BCUT2D eigenvalue weighted by atomic mass is 9.95. The first kappa shape index (κ1) is 21.5. The minimum absolute atomic E-state index is 0.0614. The van der Waals surface area contributed by atoms with Crippen LogP contribution in [-0.2, 0) is 17.6 Å². The second kappa shape index (κ2) is 9.19. The third-order valence-electron chi connectivity index (χ3n) is 5.16. The monoisotopic (exact) mass is 457 g/mol. The lowest BCUT2D eigenvalue weighted by molar-refractivity contribution is -0.384. The Hall–Kier alpha value is -2.72. The molecular formula is C21H23N5O3S2. The van der Waals surface area contributed by atoms with Crippen molar-refractivity contribution in [2.24, 2.45) is 0 Å². The molecule has 8 nitrogen and oxygen atoms in total. The van der Waals surface area contributed by atoms with Crippen molar-refractivity contribution in [1.29, 1.82) is 0 Å². The number of nitrogens with one attached hydrogen (secondary N) is 1. The van der Waals surface area contributed by atoms with Gasteiger partial charge in [-0.3, -0.25) is 19.5 Å². The summed E-state index contributed by atoms with van der Waals surface area (Å²) in [5.41, 5.74) is 2.89. The zero-order valence-electron chi connectivity index (χ0n) is 17.3. The topological polar surface area (TPSA) is 103 Å². The molecule has 0 fully saturated rings. The molecule has 162 valence electrons. The van der Waals surface area contributed by atoms with Crippen molar-refractivity contribution >= 4 is 40.4 Å². The number of hydrogen-bond donors (Lipinski definition) is 1. The lowest BCUT2D eigenvalue weighted by Gasteiger charge is -2.16. The number of rotatable bonds is 7. The Morgan fingerprint density at radius 3 is 2.90 bits per heavy atom. The minimum Gasteiger partial charge on any atom is -0.325 e. The average molecular weight is 458 g/mol. The molecule has 31 heavy (non-hydrogen) atoms. The zero-order chi connectivity index (χ0) is 22.0. The summed E-state index contributed by atoms with van der Waals surface area (Å²) in [4.78, 5) is 24.3. The van der Waals surface area contributed by atoms with Crippen LogP contribution in [0.2, 0.25) is 0 Å². The Morgan fingerprint density at radius 2 is 2.13 bits per heavy atom. The molecule has 2 aromatic heterocycles. The number of aromatic nitrogens is 3. The number of carbonyl (C=O) groups excluding carboxylic acids is 1. The normalized spacial score (nSPS) is 13.3. The van der Waals surface area contributed by atoms with E-state index in [2.05, 4.69) is 39.3 Å². The van der Waals surface area contributed by atoms with Crippen LogP contribution < -0.4 is 5.32 Å². The predicted octanol–water partition coefficient (Wildman–Crippen LogP) is 5.11. The molecule has 0 saturated heterocycles. The third-order valence-corrected chi connectivity index (χ3v) is 7.19. The number of thioether (sulfide) groups is 1. The number of non-ortho nitro benzene ring substituents is 1. The standard InChI is InChI=1S/C21H23N5O3S2/c1-13(2)25-20(17-11-30-18-9-4-3-8-16(17)18)23-24-21(25)31-12-19(27)22-14-6-5-7-15(10-14)26(28)29/h5-7,10-11,13H,3-4,8-9,12H2,1-2H3,(H,22,27). The highest BCUT2D eigenvalue weighted by molar-refractivity contribution is 7.99. The third kappa shape index (κ3) is 4.64. The van der Waals surface area contributed by atoms with E-state index in [1.54, 1.807) is 23.5 Å². The highest BCUT2D eigenvalue weighted by atomic mass is 32.2. The van der Waals surface area contributed by atoms with E-state index in [-0.39, 0.29) is 23.4 Å². The van der Waals surface area contributed by atoms with Crippen molar-refractivity contribution in [1.82, 2.24) is 14.8 Å². The van der Waals surface area contributed by atoms with E-state index in [4.69, 9.17) is 0 Å². The molecule has 1 aliphatic carbocycles. The van der Waals surface area contributed by atoms with Gasteiger partial charge in [0.1, 0.15) is 0 Å². The van der Waals surface area contributed by atoms with Crippen molar-refractivity contribution in [2.75, 3.05) is 11.1 Å². The van der Waals surface area contributed by atoms with Crippen molar-refractivity contribution in [3.05, 3.63) is 50.2 Å². The van der Waals surface area contributed by atoms with Crippen molar-refractivity contribution in [2.45, 2.75) is 50.7 Å². The molecule has 0 aliphatic heterocycles. The van der Waals surface area contributed by atoms with E-state index in [0.717, 1.165) is 24.2 Å². The Bertz CT molecular complexity index is 1120. The zero-order valence-corrected chi connectivity index (χ0v) is 19.0. The summed E-state index contributed by atoms with van der Waals surface area (Å²) in [6, 6.07) is 6.05. The maximum absolute atomic E-state index is 12.4. The van der Waals surface area contributed by atoms with E-state index < -0.39 is 4.92 Å². The van der Waals surface area contributed by atoms with Crippen LogP contribution in [0.15, 0.2) is 34.8 Å². The number of nitro groups is 1. The van der Waals surface area contributed by atoms with Crippen LogP contribution in [0.5, 0.6) is 0 Å². The SMILES string of the molecule is CC(C)n1c(SCC(=O)Nc2cccc([N+](=O)[O-])c2)nnc1-c1csc2c1CCCC2. The maximum Gasteiger partial charge on any atom is 0.271 e. The first-order valence-corrected chi connectivity index (χ1v) is 12.0. The van der Waals surface area contributed by atoms with Crippen molar-refractivity contribution in [3.63, 3.8) is 0 Å². The number of fused-ring (bicyclic) bond motifs is 1. The number of aryl methyl sites for hydroxylation is 1. The fraction of sp³-hybridized carbons (Fsp3) is 0.381. The van der Waals surface area contributed by atoms with Gasteiger partial charge in [0.25, 0.3) is 5.69 Å². The van der Waals surface area contributed by atoms with E-state index in [1.807, 2.05) is 0 Å². The summed E-state index contributed by atoms with van der Waals surface area (Å²) in [6.07, 6.45) is 4.65. The van der Waals surface area contributed by atoms with Crippen LogP contribution in [-0.4, -0.2) is 31.3 Å². The Kier molecular flexibility index (Phi) is 6.38. The predicted molar refractivity (Wildman–Crippen MR) is 123 cm³/mol. The molecule has 0 saturated carbocycles. The van der Waals surface area contributed by atoms with Gasteiger partial charge in [-0.1, -0.05) is 17.8 Å². The van der Waals surface area contributed by atoms with Gasteiger partial charge in [-0.15, -0.1) is 21.5 Å². The molecule has 3 aromatic rings. The summed E-state index contributed by atoms with van der Waals surface area (Å²) in [7, 11) is 0. The molecule has 0 unspecified atom stereocenters. The van der Waals surface area contributed by atoms with Crippen LogP contribution in [0.3, 0.4) is 0 Å². The maximum atomic E-state index is 12.4. The van der Waals surface area contributed by atoms with E-state index >= 15 is 0 Å². The molecule has 0 atom stereocenters. The number of benzene rings is 1. The van der Waals surface area contributed by atoms with Gasteiger partial charge in [0.2, 0.25) is 5.91 Å². The van der Waals surface area contributed by atoms with Crippen LogP contribution in [0.4, 0.5) is 11.4 Å². The van der Waals surface area contributed by atoms with Gasteiger partial charge in [0, 0.05) is 39.7 Å². The van der Waals surface area contributed by atoms with Gasteiger partial charge in [0.05, 0.1) is 10.7 Å². The molecule has 1 amide bonds. The number of amides is 1. The van der Waals surface area contributed by atoms with E-state index in [9.17, 15) is 14.9 Å². The van der Waals surface area contributed by atoms with Crippen LogP contribution in [0, 0.1) is 10.1 Å². The second-order valence-electron chi connectivity index (χ2n) is 7.67. The molecule has 0 bridgehead atoms. The van der Waals surface area contributed by atoms with Gasteiger partial charge < -0.3 is 5.32 Å². The fourth-order valence-electron chi connectivity index (χ4n) is 3.73. The molecule has 1 N–H and O–H groups in total. The number of anilines is 1. The molecule has 2 heterocycles. The number of nitrogens with zero attached hydrogens (tertiary/aromatic N) is 4. The van der Waals surface area contributed by atoms with Gasteiger partial charge >= 0.3 is 0 Å². The van der Waals surface area contributed by atoms with E-state index in [1.165, 1.54) is 47.2 Å². The fourth-order valence-corrected chi connectivity index (χ4v) is 5.72. The number of thiophene rings is 1. The van der Waals surface area contributed by atoms with Crippen molar-refractivity contribution in [3.8, 4) is 11.4 Å². The Labute approximate surface area is 188 Å². The second-order valence-corrected chi connectivity index (χ2v) is 9.58. The van der Waals surface area contributed by atoms with Crippen LogP contribution in [0.1, 0.15) is 43.2 Å². The van der Waals surface area contributed by atoms with Crippen LogP contribution in [0.25, 0.3) is 11.4 Å². The number of hydrogen-bond acceptors (Lipinski definition) is 7. The van der Waals surface area contributed by atoms with E-state index in [0.29, 0.717) is 10.8 Å². The van der Waals surface area contributed by atoms with Gasteiger partial charge in [-0.2, -0.15) is 0 Å². The molecule has 4 rings (SSSR count). The quantitative estimate of drug-likeness (QED) is 0.301. The molecular weight excluding hydrogens is 434 g/mol. The Morgan fingerprint density at radius 1 is 1.32 bits per heavy atom. The lowest BCUT2D eigenvalue weighted by Crippen LogP contribution is -2.15. The number of nitro benzene ring substituents is 1. The van der Waals surface area contributed by atoms with Crippen LogP contribution >= 0.6 is 23.1 Å². The summed E-state index contributed by atoms with van der Waals surface area (Å²) in [5, 5.41) is 25.3. The first-order valence-electron chi connectivity index (χ1n) is 10.2. The molecule has 1 aromatic carbocycles. The first-order chi connectivity index (χ1) is 14.9. The highest BCUT2D eigenvalue weighted by Crippen LogP contribution is 2.37. The summed E-state index contributed by atoms with van der Waals surface area (Å²) in [5.74, 6) is 0.740. The average Bonchev–Trinajstić information content (AvgIpc) is 3.36. The van der Waals surface area contributed by atoms with Crippen molar-refractivity contribution < 1.29 is 9.72 Å². The molecule has 0 radical (unpaired) electrons. The minimum atomic E-state index is -0.486. The molecule has 10 heteroatoms. The summed E-state index contributed by atoms with van der Waals surface area (Å²) < 4.78 is 2.09. The largest absolute Gasteiger partial charge is 0.325 e. The van der Waals surface area contributed by atoms with Gasteiger partial charge in [-0.25, -0.2) is 0 Å². The highest BCUT2D eigenvalue weighted by Gasteiger charge is 2.23. The van der Waals surface area contributed by atoms with Gasteiger partial charge in [0.15, 0.2) is 11.0 Å². The molecule has 0 spiro atoms. The number of carbonyl (C=O) groups is 1.